The zero-order chi connectivity index (χ0) is 19.8. The summed E-state index contributed by atoms with van der Waals surface area (Å²) in [6.07, 6.45) is 10.2. The van der Waals surface area contributed by atoms with Crippen LogP contribution in [0.3, 0.4) is 0 Å². The molecule has 28 heavy (non-hydrogen) atoms. The van der Waals surface area contributed by atoms with Gasteiger partial charge in [-0.15, -0.1) is 0 Å². The first-order valence-electron chi connectivity index (χ1n) is 10.4. The smallest absolute Gasteiger partial charge is 0.0481 e. The Hall–Kier alpha value is -2.54. The molecule has 2 aliphatic rings. The summed E-state index contributed by atoms with van der Waals surface area (Å²) in [6.45, 7) is 11.9. The molecule has 1 unspecified atom stereocenters. The van der Waals surface area contributed by atoms with Crippen LogP contribution in [-0.2, 0) is 12.0 Å². The van der Waals surface area contributed by atoms with Gasteiger partial charge < -0.3 is 4.90 Å². The summed E-state index contributed by atoms with van der Waals surface area (Å²) in [7, 11) is 0. The van der Waals surface area contributed by atoms with Crippen LogP contribution in [0.4, 0.5) is 5.69 Å². The molecule has 1 heterocycles. The summed E-state index contributed by atoms with van der Waals surface area (Å²) in [5, 5.41) is 0. The summed E-state index contributed by atoms with van der Waals surface area (Å²) in [4.78, 5) is 2.50. The van der Waals surface area contributed by atoms with Gasteiger partial charge in [0.05, 0.1) is 0 Å². The third-order valence-corrected chi connectivity index (χ3v) is 6.54. The Labute approximate surface area is 170 Å². The summed E-state index contributed by atoms with van der Waals surface area (Å²) in [5.74, 6) is 0. The number of para-hydroxylation sites is 1. The Morgan fingerprint density at radius 2 is 1.71 bits per heavy atom. The molecule has 0 amide bonds. The van der Waals surface area contributed by atoms with E-state index >= 15 is 0 Å². The number of fused-ring (bicyclic) bond motifs is 2. The highest BCUT2D eigenvalue weighted by atomic mass is 15.2. The molecule has 0 aromatic heterocycles. The van der Waals surface area contributed by atoms with Gasteiger partial charge in [-0.3, -0.25) is 0 Å². The van der Waals surface area contributed by atoms with E-state index in [-0.39, 0.29) is 5.41 Å². The lowest BCUT2D eigenvalue weighted by molar-refractivity contribution is 0.353. The van der Waals surface area contributed by atoms with Crippen LogP contribution in [0.2, 0.25) is 0 Å². The zero-order valence-corrected chi connectivity index (χ0v) is 17.4. The minimum Gasteiger partial charge on any atom is -0.337 e. The Bertz CT molecular complexity index is 932. The molecule has 2 aromatic rings. The van der Waals surface area contributed by atoms with Crippen molar-refractivity contribution in [1.29, 1.82) is 0 Å². The van der Waals surface area contributed by atoms with Gasteiger partial charge in [0.1, 0.15) is 0 Å². The second-order valence-corrected chi connectivity index (χ2v) is 9.00. The predicted octanol–water partition coefficient (Wildman–Crippen LogP) is 7.17. The van der Waals surface area contributed by atoms with E-state index in [1.807, 2.05) is 6.08 Å². The Morgan fingerprint density at radius 1 is 1.00 bits per heavy atom. The number of hydrogen-bond donors (Lipinski definition) is 0. The van der Waals surface area contributed by atoms with Gasteiger partial charge in [-0.25, -0.2) is 0 Å². The Morgan fingerprint density at radius 3 is 2.36 bits per heavy atom. The van der Waals surface area contributed by atoms with Gasteiger partial charge >= 0.3 is 0 Å². The number of hydrogen-bond acceptors (Lipinski definition) is 1. The SMILES string of the molecule is C=C/C=C1\C(=C/C)N(Cc2ccccc2)c2ccccc2C12CCC(C)(C)C2. The van der Waals surface area contributed by atoms with Crippen LogP contribution in [0.1, 0.15) is 51.2 Å². The van der Waals surface area contributed by atoms with Crippen molar-refractivity contribution < 1.29 is 0 Å². The van der Waals surface area contributed by atoms with E-state index in [0.29, 0.717) is 5.41 Å². The molecule has 1 atom stereocenters. The molecule has 1 aliphatic heterocycles. The van der Waals surface area contributed by atoms with Crippen molar-refractivity contribution in [2.45, 2.75) is 52.0 Å². The highest BCUT2D eigenvalue weighted by molar-refractivity contribution is 5.73. The van der Waals surface area contributed by atoms with Crippen molar-refractivity contribution in [3.8, 4) is 0 Å². The number of anilines is 1. The van der Waals surface area contributed by atoms with Gasteiger partial charge in [0.2, 0.25) is 0 Å². The molecule has 1 saturated carbocycles. The monoisotopic (exact) mass is 369 g/mol. The maximum absolute atomic E-state index is 4.06. The lowest BCUT2D eigenvalue weighted by atomic mass is 9.66. The first-order valence-corrected chi connectivity index (χ1v) is 10.4. The topological polar surface area (TPSA) is 3.24 Å². The highest BCUT2D eigenvalue weighted by Crippen LogP contribution is 2.60. The van der Waals surface area contributed by atoms with Crippen molar-refractivity contribution in [3.05, 3.63) is 102 Å². The van der Waals surface area contributed by atoms with Crippen LogP contribution in [-0.4, -0.2) is 0 Å². The molecule has 0 N–H and O–H groups in total. The normalized spacial score (nSPS) is 26.0. The third-order valence-electron chi connectivity index (χ3n) is 6.54. The number of rotatable bonds is 3. The van der Waals surface area contributed by atoms with Crippen molar-refractivity contribution in [2.24, 2.45) is 5.41 Å². The van der Waals surface area contributed by atoms with E-state index in [9.17, 15) is 0 Å². The first-order chi connectivity index (χ1) is 13.5. The van der Waals surface area contributed by atoms with E-state index in [0.717, 1.165) is 6.54 Å². The molecule has 0 saturated heterocycles. The van der Waals surface area contributed by atoms with Gasteiger partial charge in [-0.2, -0.15) is 0 Å². The fourth-order valence-corrected chi connectivity index (χ4v) is 5.39. The lowest BCUT2D eigenvalue weighted by Gasteiger charge is -2.46. The Balaban J connectivity index is 1.92. The number of benzene rings is 2. The number of allylic oxidation sites excluding steroid dienone is 4. The molecule has 1 heteroatoms. The maximum Gasteiger partial charge on any atom is 0.0481 e. The molecule has 4 rings (SSSR count). The summed E-state index contributed by atoms with van der Waals surface area (Å²) in [5.41, 5.74) is 7.38. The molecule has 1 nitrogen and oxygen atoms in total. The molecular weight excluding hydrogens is 338 g/mol. The first kappa shape index (κ1) is 18.8. The van der Waals surface area contributed by atoms with Crippen LogP contribution in [0.15, 0.2) is 90.7 Å². The van der Waals surface area contributed by atoms with Gasteiger partial charge in [-0.05, 0) is 54.4 Å². The molecule has 1 fully saturated rings. The van der Waals surface area contributed by atoms with Crippen molar-refractivity contribution in [3.63, 3.8) is 0 Å². The van der Waals surface area contributed by atoms with Gasteiger partial charge in [0.25, 0.3) is 0 Å². The Kier molecular flexibility index (Phi) is 4.79. The fraction of sp³-hybridized carbons (Fsp3) is 0.333. The van der Waals surface area contributed by atoms with E-state index in [1.165, 1.54) is 47.3 Å². The third kappa shape index (κ3) is 3.03. The fourth-order valence-electron chi connectivity index (χ4n) is 5.39. The van der Waals surface area contributed by atoms with Gasteiger partial charge in [0.15, 0.2) is 0 Å². The second kappa shape index (κ2) is 7.13. The molecule has 144 valence electrons. The molecule has 2 aromatic carbocycles. The highest BCUT2D eigenvalue weighted by Gasteiger charge is 2.51. The molecule has 0 bridgehead atoms. The van der Waals surface area contributed by atoms with Crippen LogP contribution in [0.5, 0.6) is 0 Å². The summed E-state index contributed by atoms with van der Waals surface area (Å²) >= 11 is 0. The van der Waals surface area contributed by atoms with Crippen LogP contribution in [0.25, 0.3) is 0 Å². The van der Waals surface area contributed by atoms with Crippen LogP contribution < -0.4 is 4.90 Å². The average Bonchev–Trinajstić information content (AvgIpc) is 3.03. The number of nitrogens with zero attached hydrogens (tertiary/aromatic N) is 1. The van der Waals surface area contributed by atoms with E-state index in [1.54, 1.807) is 0 Å². The van der Waals surface area contributed by atoms with Crippen molar-refractivity contribution in [1.82, 2.24) is 0 Å². The maximum atomic E-state index is 4.06. The molecule has 1 spiro atoms. The van der Waals surface area contributed by atoms with Crippen LogP contribution in [0, 0.1) is 5.41 Å². The summed E-state index contributed by atoms with van der Waals surface area (Å²) in [6, 6.07) is 19.8. The largest absolute Gasteiger partial charge is 0.337 e. The minimum absolute atomic E-state index is 0.0866. The lowest BCUT2D eigenvalue weighted by Crippen LogP contribution is -2.40. The summed E-state index contributed by atoms with van der Waals surface area (Å²) < 4.78 is 0. The molecule has 1 aliphatic carbocycles. The standard InChI is InChI=1S/C27H31N/c1-5-12-22-24(6-2)28(19-21-13-8-7-9-14-21)25-16-11-10-15-23(25)27(22)18-17-26(3,4)20-27/h5-16H,1,17-20H2,2-4H3/b22-12+,24-6+. The van der Waals surface area contributed by atoms with E-state index in [2.05, 4.69) is 99.0 Å². The van der Waals surface area contributed by atoms with E-state index < -0.39 is 0 Å². The van der Waals surface area contributed by atoms with Crippen LogP contribution >= 0.6 is 0 Å². The quantitative estimate of drug-likeness (QED) is 0.554. The van der Waals surface area contributed by atoms with Gasteiger partial charge in [-0.1, -0.05) is 87.2 Å². The van der Waals surface area contributed by atoms with E-state index in [4.69, 9.17) is 0 Å². The molecular formula is C27H31N. The van der Waals surface area contributed by atoms with Gasteiger partial charge in [0, 0.05) is 23.3 Å². The zero-order valence-electron chi connectivity index (χ0n) is 17.4. The van der Waals surface area contributed by atoms with Crippen molar-refractivity contribution >= 4 is 5.69 Å². The predicted molar refractivity (Wildman–Crippen MR) is 120 cm³/mol. The molecule has 0 radical (unpaired) electrons. The second-order valence-electron chi connectivity index (χ2n) is 9.00. The minimum atomic E-state index is 0.0866. The van der Waals surface area contributed by atoms with Crippen molar-refractivity contribution in [2.75, 3.05) is 4.90 Å². The average molecular weight is 370 g/mol.